The minimum atomic E-state index is -4.46. The van der Waals surface area contributed by atoms with Crippen molar-refractivity contribution in [2.75, 3.05) is 19.6 Å². The zero-order valence-electron chi connectivity index (χ0n) is 15.1. The molecule has 144 valence electrons. The monoisotopic (exact) mass is 377 g/mol. The van der Waals surface area contributed by atoms with Crippen molar-refractivity contribution in [2.45, 2.75) is 25.9 Å². The number of carbonyl (C=O) groups is 1. The lowest BCUT2D eigenvalue weighted by Crippen LogP contribution is -2.54. The maximum Gasteiger partial charge on any atom is 0.433 e. The van der Waals surface area contributed by atoms with Gasteiger partial charge in [0.05, 0.1) is 0 Å². The zero-order chi connectivity index (χ0) is 19.4. The summed E-state index contributed by atoms with van der Waals surface area (Å²) < 4.78 is 38.0. The molecule has 1 aromatic heterocycles. The lowest BCUT2D eigenvalue weighted by atomic mass is 9.92. The van der Waals surface area contributed by atoms with Crippen LogP contribution in [0, 0.1) is 12.8 Å². The van der Waals surface area contributed by atoms with Gasteiger partial charge in [-0.3, -0.25) is 0 Å². The van der Waals surface area contributed by atoms with E-state index >= 15 is 0 Å². The predicted octanol–water partition coefficient (Wildman–Crippen LogP) is 3.84. The Morgan fingerprint density at radius 2 is 1.89 bits per heavy atom. The van der Waals surface area contributed by atoms with E-state index in [4.69, 9.17) is 0 Å². The molecule has 0 aliphatic carbocycles. The normalized spacial score (nSPS) is 14.7. The number of benzene rings is 1. The van der Waals surface area contributed by atoms with Crippen molar-refractivity contribution >= 4 is 6.03 Å². The standard InChI is InChI=1S/C20H22F3N3O/c1-14-5-7-15(8-6-14)11-16-12-26(13-16)19(27)24-10-9-17-3-2-4-18(25-17)20(21,22)23/h2-8,16H,9-13H2,1H3,(H,24,27). The van der Waals surface area contributed by atoms with Crippen molar-refractivity contribution in [1.82, 2.24) is 15.2 Å². The molecule has 4 nitrogen and oxygen atoms in total. The van der Waals surface area contributed by atoms with Crippen LogP contribution in [0.3, 0.4) is 0 Å². The quantitative estimate of drug-likeness (QED) is 0.861. The summed E-state index contributed by atoms with van der Waals surface area (Å²) >= 11 is 0. The molecule has 1 aromatic carbocycles. The minimum absolute atomic E-state index is 0.179. The van der Waals surface area contributed by atoms with Gasteiger partial charge >= 0.3 is 12.2 Å². The van der Waals surface area contributed by atoms with Crippen LogP contribution in [0.5, 0.6) is 0 Å². The molecule has 1 saturated heterocycles. The predicted molar refractivity (Wildman–Crippen MR) is 96.3 cm³/mol. The molecule has 1 N–H and O–H groups in total. The smallest absolute Gasteiger partial charge is 0.338 e. The van der Waals surface area contributed by atoms with Crippen LogP contribution >= 0.6 is 0 Å². The Balaban J connectivity index is 1.39. The van der Waals surface area contributed by atoms with Gasteiger partial charge in [0.2, 0.25) is 0 Å². The molecule has 1 aliphatic heterocycles. The second kappa shape index (κ2) is 7.98. The van der Waals surface area contributed by atoms with Crippen LogP contribution in [-0.4, -0.2) is 35.5 Å². The van der Waals surface area contributed by atoms with E-state index in [9.17, 15) is 18.0 Å². The summed E-state index contributed by atoms with van der Waals surface area (Å²) in [6, 6.07) is 12.0. The third kappa shape index (κ3) is 5.21. The number of carbonyl (C=O) groups excluding carboxylic acids is 1. The highest BCUT2D eigenvalue weighted by Crippen LogP contribution is 2.27. The Hall–Kier alpha value is -2.57. The van der Waals surface area contributed by atoms with Gasteiger partial charge in [0, 0.05) is 31.7 Å². The van der Waals surface area contributed by atoms with Crippen LogP contribution in [0.4, 0.5) is 18.0 Å². The summed E-state index contributed by atoms with van der Waals surface area (Å²) in [6.45, 7) is 3.70. The van der Waals surface area contributed by atoms with Crippen molar-refractivity contribution in [1.29, 1.82) is 0 Å². The number of aromatic nitrogens is 1. The number of alkyl halides is 3. The molecule has 1 fully saturated rings. The van der Waals surface area contributed by atoms with E-state index in [0.29, 0.717) is 24.7 Å². The highest BCUT2D eigenvalue weighted by Gasteiger charge is 2.32. The second-order valence-corrected chi connectivity index (χ2v) is 6.95. The van der Waals surface area contributed by atoms with E-state index in [1.165, 1.54) is 23.3 Å². The third-order valence-corrected chi connectivity index (χ3v) is 4.64. The fraction of sp³-hybridized carbons (Fsp3) is 0.400. The van der Waals surface area contributed by atoms with Crippen molar-refractivity contribution < 1.29 is 18.0 Å². The van der Waals surface area contributed by atoms with Gasteiger partial charge in [0.1, 0.15) is 5.69 Å². The highest BCUT2D eigenvalue weighted by molar-refractivity contribution is 5.75. The first-order chi connectivity index (χ1) is 12.8. The van der Waals surface area contributed by atoms with Crippen LogP contribution in [0.1, 0.15) is 22.5 Å². The molecule has 0 atom stereocenters. The van der Waals surface area contributed by atoms with E-state index in [-0.39, 0.29) is 19.0 Å². The molecule has 0 spiro atoms. The van der Waals surface area contributed by atoms with Gasteiger partial charge in [0.25, 0.3) is 0 Å². The molecule has 7 heteroatoms. The molecule has 1 aliphatic rings. The lowest BCUT2D eigenvalue weighted by Gasteiger charge is -2.39. The fourth-order valence-corrected chi connectivity index (χ4v) is 3.11. The summed E-state index contributed by atoms with van der Waals surface area (Å²) in [5, 5.41) is 2.75. The van der Waals surface area contributed by atoms with E-state index in [1.807, 2.05) is 6.92 Å². The number of likely N-dealkylation sites (tertiary alicyclic amines) is 1. The molecule has 0 bridgehead atoms. The number of hydrogen-bond acceptors (Lipinski definition) is 2. The summed E-state index contributed by atoms with van der Waals surface area (Å²) in [5.41, 5.74) is 1.89. The first-order valence-corrected chi connectivity index (χ1v) is 8.93. The Kier molecular flexibility index (Phi) is 5.68. The first kappa shape index (κ1) is 19.2. The number of urea groups is 1. The summed E-state index contributed by atoms with van der Waals surface area (Å²) in [5.74, 6) is 0.448. The average Bonchev–Trinajstić information content (AvgIpc) is 2.59. The number of nitrogens with zero attached hydrogens (tertiary/aromatic N) is 2. The van der Waals surface area contributed by atoms with Gasteiger partial charge in [-0.2, -0.15) is 13.2 Å². The number of nitrogens with one attached hydrogen (secondary N) is 1. The van der Waals surface area contributed by atoms with Crippen LogP contribution in [0.2, 0.25) is 0 Å². The van der Waals surface area contributed by atoms with Gasteiger partial charge in [0.15, 0.2) is 0 Å². The van der Waals surface area contributed by atoms with Gasteiger partial charge in [-0.1, -0.05) is 35.9 Å². The highest BCUT2D eigenvalue weighted by atomic mass is 19.4. The van der Waals surface area contributed by atoms with Crippen LogP contribution in [0.15, 0.2) is 42.5 Å². The molecular weight excluding hydrogens is 355 g/mol. The van der Waals surface area contributed by atoms with Gasteiger partial charge in [-0.05, 0) is 37.0 Å². The molecular formula is C20H22F3N3O. The third-order valence-electron chi connectivity index (χ3n) is 4.64. The van der Waals surface area contributed by atoms with Gasteiger partial charge in [-0.15, -0.1) is 0 Å². The molecule has 0 saturated carbocycles. The van der Waals surface area contributed by atoms with E-state index in [0.717, 1.165) is 12.5 Å². The lowest BCUT2D eigenvalue weighted by molar-refractivity contribution is -0.141. The molecule has 2 amide bonds. The molecule has 0 radical (unpaired) electrons. The largest absolute Gasteiger partial charge is 0.433 e. The fourth-order valence-electron chi connectivity index (χ4n) is 3.11. The molecule has 27 heavy (non-hydrogen) atoms. The number of hydrogen-bond donors (Lipinski definition) is 1. The zero-order valence-corrected chi connectivity index (χ0v) is 15.1. The minimum Gasteiger partial charge on any atom is -0.338 e. The number of rotatable bonds is 5. The summed E-state index contributed by atoms with van der Waals surface area (Å²) in [4.78, 5) is 17.4. The maximum absolute atomic E-state index is 12.7. The Morgan fingerprint density at radius 1 is 1.19 bits per heavy atom. The molecule has 2 aromatic rings. The summed E-state index contributed by atoms with van der Waals surface area (Å²) in [7, 11) is 0. The van der Waals surface area contributed by atoms with Crippen LogP contribution in [0.25, 0.3) is 0 Å². The van der Waals surface area contributed by atoms with E-state index in [2.05, 4.69) is 34.6 Å². The first-order valence-electron chi connectivity index (χ1n) is 8.93. The Bertz CT molecular complexity index is 784. The van der Waals surface area contributed by atoms with Crippen molar-refractivity contribution in [2.24, 2.45) is 5.92 Å². The molecule has 0 unspecified atom stereocenters. The van der Waals surface area contributed by atoms with Gasteiger partial charge < -0.3 is 10.2 Å². The van der Waals surface area contributed by atoms with E-state index < -0.39 is 11.9 Å². The molecule has 2 heterocycles. The Labute approximate surface area is 156 Å². The maximum atomic E-state index is 12.7. The number of amides is 2. The van der Waals surface area contributed by atoms with Crippen LogP contribution in [-0.2, 0) is 19.0 Å². The number of halogens is 3. The van der Waals surface area contributed by atoms with Crippen molar-refractivity contribution in [3.8, 4) is 0 Å². The average molecular weight is 377 g/mol. The number of aryl methyl sites for hydroxylation is 1. The van der Waals surface area contributed by atoms with Crippen LogP contribution < -0.4 is 5.32 Å². The van der Waals surface area contributed by atoms with Crippen molar-refractivity contribution in [3.63, 3.8) is 0 Å². The van der Waals surface area contributed by atoms with Gasteiger partial charge in [-0.25, -0.2) is 9.78 Å². The second-order valence-electron chi connectivity index (χ2n) is 6.95. The van der Waals surface area contributed by atoms with Crippen molar-refractivity contribution in [3.05, 3.63) is 65.0 Å². The SMILES string of the molecule is Cc1ccc(CC2CN(C(=O)NCCc3cccc(C(F)(F)F)n3)C2)cc1. The topological polar surface area (TPSA) is 45.2 Å². The Morgan fingerprint density at radius 3 is 2.56 bits per heavy atom. The molecule has 3 rings (SSSR count). The summed E-state index contributed by atoms with van der Waals surface area (Å²) in [6.07, 6.45) is -3.25. The number of pyridine rings is 1. The van der Waals surface area contributed by atoms with E-state index in [1.54, 1.807) is 4.90 Å².